The van der Waals surface area contributed by atoms with Gasteiger partial charge in [0.15, 0.2) is 0 Å². The van der Waals surface area contributed by atoms with Crippen molar-refractivity contribution in [2.45, 2.75) is 12.8 Å². The zero-order chi connectivity index (χ0) is 13.2. The molecule has 4 nitrogen and oxygen atoms in total. The van der Waals surface area contributed by atoms with E-state index in [1.165, 1.54) is 12.1 Å². The number of nitrogens with one attached hydrogen (secondary N) is 2. The van der Waals surface area contributed by atoms with Gasteiger partial charge in [-0.15, -0.1) is 12.4 Å². The highest BCUT2D eigenvalue weighted by Gasteiger charge is 2.01. The summed E-state index contributed by atoms with van der Waals surface area (Å²) >= 11 is 0. The van der Waals surface area contributed by atoms with Gasteiger partial charge in [0.05, 0.1) is 13.0 Å². The first-order valence-electron chi connectivity index (χ1n) is 6.02. The number of carbonyl (C=O) groups is 1. The molecule has 0 aliphatic heterocycles. The Labute approximate surface area is 119 Å². The molecule has 108 valence electrons. The zero-order valence-electron chi connectivity index (χ0n) is 10.9. The lowest BCUT2D eigenvalue weighted by atomic mass is 10.3. The topological polar surface area (TPSA) is 50.4 Å². The fourth-order valence-electron chi connectivity index (χ4n) is 1.37. The van der Waals surface area contributed by atoms with Gasteiger partial charge in [-0.2, -0.15) is 0 Å². The summed E-state index contributed by atoms with van der Waals surface area (Å²) in [7, 11) is 1.87. The molecule has 2 N–H and O–H groups in total. The largest absolute Gasteiger partial charge is 0.493 e. The van der Waals surface area contributed by atoms with Crippen molar-refractivity contribution in [3.05, 3.63) is 30.1 Å². The van der Waals surface area contributed by atoms with Crippen LogP contribution in [0.1, 0.15) is 12.8 Å². The first-order valence-corrected chi connectivity index (χ1v) is 6.02. The van der Waals surface area contributed by atoms with Crippen molar-refractivity contribution >= 4 is 18.3 Å². The number of carbonyl (C=O) groups excluding carboxylic acids is 1. The Balaban J connectivity index is 0.00000324. The van der Waals surface area contributed by atoms with E-state index >= 15 is 0 Å². The molecular formula is C13H20ClFN2O2. The highest BCUT2D eigenvalue weighted by atomic mass is 35.5. The maximum absolute atomic E-state index is 12.6. The van der Waals surface area contributed by atoms with Crippen LogP contribution in [0.5, 0.6) is 5.75 Å². The molecule has 1 aromatic rings. The lowest BCUT2D eigenvalue weighted by Gasteiger charge is -2.07. The van der Waals surface area contributed by atoms with E-state index in [2.05, 4.69) is 10.6 Å². The number of halogens is 2. The van der Waals surface area contributed by atoms with Gasteiger partial charge in [-0.25, -0.2) is 4.39 Å². The van der Waals surface area contributed by atoms with Crippen LogP contribution in [0.3, 0.4) is 0 Å². The Morgan fingerprint density at radius 2 is 1.95 bits per heavy atom. The van der Waals surface area contributed by atoms with Gasteiger partial charge in [-0.1, -0.05) is 0 Å². The number of hydrogen-bond acceptors (Lipinski definition) is 3. The predicted molar refractivity (Wildman–Crippen MR) is 75.3 cm³/mol. The molecule has 0 aliphatic carbocycles. The van der Waals surface area contributed by atoms with E-state index in [0.717, 1.165) is 13.0 Å². The average Bonchev–Trinajstić information content (AvgIpc) is 2.37. The Bertz CT molecular complexity index is 360. The molecule has 1 rings (SSSR count). The second-order valence-corrected chi connectivity index (χ2v) is 3.86. The maximum atomic E-state index is 12.6. The molecular weight excluding hydrogens is 271 g/mol. The normalized spacial score (nSPS) is 9.58. The molecule has 0 atom stereocenters. The highest BCUT2D eigenvalue weighted by Crippen LogP contribution is 2.10. The van der Waals surface area contributed by atoms with Gasteiger partial charge in [0.1, 0.15) is 11.6 Å². The molecule has 0 saturated heterocycles. The minimum Gasteiger partial charge on any atom is -0.493 e. The van der Waals surface area contributed by atoms with Crippen molar-refractivity contribution in [3.8, 4) is 5.75 Å². The summed E-state index contributed by atoms with van der Waals surface area (Å²) in [4.78, 5) is 11.4. The van der Waals surface area contributed by atoms with Gasteiger partial charge in [-0.3, -0.25) is 4.79 Å². The van der Waals surface area contributed by atoms with Gasteiger partial charge in [0.25, 0.3) is 0 Å². The molecule has 0 aromatic heterocycles. The number of ether oxygens (including phenoxy) is 1. The van der Waals surface area contributed by atoms with Gasteiger partial charge in [0.2, 0.25) is 5.91 Å². The zero-order valence-corrected chi connectivity index (χ0v) is 11.8. The van der Waals surface area contributed by atoms with E-state index in [1.807, 2.05) is 7.05 Å². The molecule has 6 heteroatoms. The number of hydrogen-bond donors (Lipinski definition) is 2. The third kappa shape index (κ3) is 8.40. The second kappa shape index (κ2) is 10.6. The van der Waals surface area contributed by atoms with Crippen LogP contribution in [0.25, 0.3) is 0 Å². The van der Waals surface area contributed by atoms with Crippen LogP contribution in [0.15, 0.2) is 24.3 Å². The number of benzene rings is 1. The van der Waals surface area contributed by atoms with Crippen molar-refractivity contribution in [3.63, 3.8) is 0 Å². The number of rotatable bonds is 8. The summed E-state index contributed by atoms with van der Waals surface area (Å²) in [6.45, 7) is 1.84. The highest BCUT2D eigenvalue weighted by molar-refractivity contribution is 5.85. The Morgan fingerprint density at radius 1 is 1.26 bits per heavy atom. The lowest BCUT2D eigenvalue weighted by molar-refractivity contribution is -0.121. The quantitative estimate of drug-likeness (QED) is 0.717. The fraction of sp³-hybridized carbons (Fsp3) is 0.462. The van der Waals surface area contributed by atoms with Crippen LogP contribution in [-0.4, -0.2) is 32.7 Å². The number of amides is 1. The van der Waals surface area contributed by atoms with Crippen LogP contribution in [-0.2, 0) is 4.79 Å². The smallest absolute Gasteiger partial charge is 0.223 e. The van der Waals surface area contributed by atoms with Crippen molar-refractivity contribution in [1.29, 1.82) is 0 Å². The van der Waals surface area contributed by atoms with E-state index in [9.17, 15) is 9.18 Å². The Hall–Kier alpha value is -1.33. The predicted octanol–water partition coefficient (Wildman–Crippen LogP) is 1.74. The fourth-order valence-corrected chi connectivity index (χ4v) is 1.37. The Kier molecular flexibility index (Phi) is 9.84. The van der Waals surface area contributed by atoms with Gasteiger partial charge < -0.3 is 15.4 Å². The SMILES string of the molecule is CNCCCNC(=O)CCOc1ccc(F)cc1.Cl. The van der Waals surface area contributed by atoms with Crippen LogP contribution in [0.4, 0.5) is 4.39 Å². The van der Waals surface area contributed by atoms with Crippen LogP contribution >= 0.6 is 12.4 Å². The molecule has 0 heterocycles. The molecule has 0 saturated carbocycles. The molecule has 19 heavy (non-hydrogen) atoms. The molecule has 1 aromatic carbocycles. The molecule has 0 unspecified atom stereocenters. The third-order valence-corrected chi connectivity index (χ3v) is 2.34. The van der Waals surface area contributed by atoms with Crippen molar-refractivity contribution in [1.82, 2.24) is 10.6 Å². The van der Waals surface area contributed by atoms with Gasteiger partial charge >= 0.3 is 0 Å². The molecule has 0 spiro atoms. The summed E-state index contributed by atoms with van der Waals surface area (Å²) in [5.41, 5.74) is 0. The lowest BCUT2D eigenvalue weighted by Crippen LogP contribution is -2.27. The summed E-state index contributed by atoms with van der Waals surface area (Å²) < 4.78 is 17.9. The summed E-state index contributed by atoms with van der Waals surface area (Å²) in [5.74, 6) is 0.234. The summed E-state index contributed by atoms with van der Waals surface area (Å²) in [5, 5.41) is 5.80. The minimum atomic E-state index is -0.301. The van der Waals surface area contributed by atoms with Crippen molar-refractivity contribution in [2.24, 2.45) is 0 Å². The molecule has 0 fully saturated rings. The van der Waals surface area contributed by atoms with E-state index in [-0.39, 0.29) is 24.1 Å². The first kappa shape index (κ1) is 17.7. The van der Waals surface area contributed by atoms with Crippen molar-refractivity contribution in [2.75, 3.05) is 26.7 Å². The average molecular weight is 291 g/mol. The third-order valence-electron chi connectivity index (χ3n) is 2.34. The second-order valence-electron chi connectivity index (χ2n) is 3.86. The summed E-state index contributed by atoms with van der Waals surface area (Å²) in [6, 6.07) is 5.74. The van der Waals surface area contributed by atoms with Crippen molar-refractivity contribution < 1.29 is 13.9 Å². The van der Waals surface area contributed by atoms with E-state index in [4.69, 9.17) is 4.74 Å². The van der Waals surface area contributed by atoms with Crippen LogP contribution < -0.4 is 15.4 Å². The minimum absolute atomic E-state index is 0. The summed E-state index contributed by atoms with van der Waals surface area (Å²) in [6.07, 6.45) is 1.21. The molecule has 1 amide bonds. The first-order chi connectivity index (χ1) is 8.72. The van der Waals surface area contributed by atoms with Gasteiger partial charge in [0, 0.05) is 6.54 Å². The monoisotopic (exact) mass is 290 g/mol. The van der Waals surface area contributed by atoms with Crippen LogP contribution in [0, 0.1) is 5.82 Å². The van der Waals surface area contributed by atoms with E-state index in [0.29, 0.717) is 25.3 Å². The standard InChI is InChI=1S/C13H19FN2O2.ClH/c1-15-8-2-9-16-13(17)7-10-18-12-5-3-11(14)4-6-12;/h3-6,15H,2,7-10H2,1H3,(H,16,17);1H. The Morgan fingerprint density at radius 3 is 2.58 bits per heavy atom. The molecule has 0 aliphatic rings. The van der Waals surface area contributed by atoms with Crippen LogP contribution in [0.2, 0.25) is 0 Å². The molecule has 0 radical (unpaired) electrons. The van der Waals surface area contributed by atoms with Gasteiger partial charge in [-0.05, 0) is 44.3 Å². The molecule has 0 bridgehead atoms. The van der Waals surface area contributed by atoms with E-state index < -0.39 is 0 Å². The van der Waals surface area contributed by atoms with E-state index in [1.54, 1.807) is 12.1 Å². The maximum Gasteiger partial charge on any atom is 0.223 e.